The Kier molecular flexibility index (Phi) is 3.41. The predicted molar refractivity (Wildman–Crippen MR) is 92.7 cm³/mol. The summed E-state index contributed by atoms with van der Waals surface area (Å²) in [5.74, 6) is 1.42. The van der Waals surface area contributed by atoms with Gasteiger partial charge in [0.15, 0.2) is 5.82 Å². The summed E-state index contributed by atoms with van der Waals surface area (Å²) in [6.07, 6.45) is 7.73. The van der Waals surface area contributed by atoms with E-state index in [0.717, 1.165) is 31.4 Å². The lowest BCUT2D eigenvalue weighted by Crippen LogP contribution is -2.54. The first-order chi connectivity index (χ1) is 12.2. The van der Waals surface area contributed by atoms with E-state index in [2.05, 4.69) is 19.9 Å². The van der Waals surface area contributed by atoms with E-state index in [1.165, 1.54) is 42.9 Å². The summed E-state index contributed by atoms with van der Waals surface area (Å²) < 4.78 is 1.35. The molecule has 132 valence electrons. The quantitative estimate of drug-likeness (QED) is 0.628. The van der Waals surface area contributed by atoms with Gasteiger partial charge in [0.1, 0.15) is 6.20 Å². The number of fused-ring (bicyclic) bond motifs is 2. The zero-order valence-electron chi connectivity index (χ0n) is 14.1. The molecule has 2 aliphatic heterocycles. The summed E-state index contributed by atoms with van der Waals surface area (Å²) in [5.41, 5.74) is 0.517. The van der Waals surface area contributed by atoms with Gasteiger partial charge in [0.05, 0.1) is 0 Å². The van der Waals surface area contributed by atoms with Crippen molar-refractivity contribution in [2.45, 2.75) is 44.2 Å². The van der Waals surface area contributed by atoms with Crippen molar-refractivity contribution >= 4 is 17.3 Å². The molecule has 4 heterocycles. The van der Waals surface area contributed by atoms with Gasteiger partial charge in [-0.2, -0.15) is 0 Å². The van der Waals surface area contributed by atoms with Gasteiger partial charge >= 0.3 is 5.82 Å². The highest BCUT2D eigenvalue weighted by Crippen LogP contribution is 2.39. The SMILES string of the molecule is O=[N+]([O-])c1cnc2ccc(N3CCC4C(CCCN4C4CC4)C3)nn12. The molecule has 0 N–H and O–H groups in total. The summed E-state index contributed by atoms with van der Waals surface area (Å²) in [4.78, 5) is 19.8. The number of hydrogen-bond acceptors (Lipinski definition) is 6. The minimum Gasteiger partial charge on any atom is -0.358 e. The molecule has 2 atom stereocenters. The minimum absolute atomic E-state index is 0.0793. The number of piperidine rings is 2. The molecular formula is C17H22N6O2. The zero-order valence-corrected chi connectivity index (χ0v) is 14.1. The second-order valence-electron chi connectivity index (χ2n) is 7.51. The number of likely N-dealkylation sites (tertiary alicyclic amines) is 1. The highest BCUT2D eigenvalue weighted by molar-refractivity contribution is 5.49. The molecule has 8 nitrogen and oxygen atoms in total. The van der Waals surface area contributed by atoms with Gasteiger partial charge in [0.25, 0.3) is 0 Å². The van der Waals surface area contributed by atoms with Crippen LogP contribution in [0.15, 0.2) is 18.3 Å². The molecule has 8 heteroatoms. The number of nitrogens with zero attached hydrogens (tertiary/aromatic N) is 6. The van der Waals surface area contributed by atoms with Crippen LogP contribution in [0.1, 0.15) is 32.1 Å². The van der Waals surface area contributed by atoms with Crippen molar-refractivity contribution in [2.24, 2.45) is 5.92 Å². The number of anilines is 1. The molecule has 0 radical (unpaired) electrons. The molecule has 3 fully saturated rings. The Labute approximate surface area is 145 Å². The molecule has 0 bridgehead atoms. The third-order valence-corrected chi connectivity index (χ3v) is 5.97. The van der Waals surface area contributed by atoms with E-state index < -0.39 is 4.92 Å². The van der Waals surface area contributed by atoms with Crippen LogP contribution in [0.25, 0.3) is 5.65 Å². The Morgan fingerprint density at radius 2 is 2.04 bits per heavy atom. The van der Waals surface area contributed by atoms with Crippen LogP contribution in [0.5, 0.6) is 0 Å². The van der Waals surface area contributed by atoms with Gasteiger partial charge in [-0.05, 0) is 55.6 Å². The molecule has 2 aromatic heterocycles. The molecule has 2 aromatic rings. The maximum atomic E-state index is 11.1. The molecular weight excluding hydrogens is 320 g/mol. The van der Waals surface area contributed by atoms with E-state index in [1.54, 1.807) is 0 Å². The molecule has 5 rings (SSSR count). The second-order valence-corrected chi connectivity index (χ2v) is 7.51. The Hall–Kier alpha value is -2.22. The van der Waals surface area contributed by atoms with Crippen LogP contribution in [0.4, 0.5) is 11.6 Å². The molecule has 0 amide bonds. The van der Waals surface area contributed by atoms with Gasteiger partial charge in [-0.1, -0.05) is 9.61 Å². The fourth-order valence-corrected chi connectivity index (χ4v) is 4.65. The van der Waals surface area contributed by atoms with E-state index in [0.29, 0.717) is 17.6 Å². The van der Waals surface area contributed by atoms with Crippen LogP contribution in [0, 0.1) is 16.0 Å². The number of hydrogen-bond donors (Lipinski definition) is 0. The van der Waals surface area contributed by atoms with Crippen molar-refractivity contribution in [1.29, 1.82) is 0 Å². The smallest absolute Gasteiger partial charge is 0.358 e. The summed E-state index contributed by atoms with van der Waals surface area (Å²) in [6.45, 7) is 3.22. The molecule has 25 heavy (non-hydrogen) atoms. The van der Waals surface area contributed by atoms with Gasteiger partial charge in [-0.15, -0.1) is 0 Å². The van der Waals surface area contributed by atoms with Gasteiger partial charge in [-0.3, -0.25) is 4.90 Å². The Morgan fingerprint density at radius 1 is 1.16 bits per heavy atom. The number of rotatable bonds is 3. The van der Waals surface area contributed by atoms with Crippen molar-refractivity contribution < 1.29 is 4.92 Å². The normalized spacial score (nSPS) is 27.4. The summed E-state index contributed by atoms with van der Waals surface area (Å²) >= 11 is 0. The lowest BCUT2D eigenvalue weighted by Gasteiger charge is -2.47. The molecule has 2 saturated heterocycles. The highest BCUT2D eigenvalue weighted by atomic mass is 16.6. The van der Waals surface area contributed by atoms with Crippen molar-refractivity contribution in [3.8, 4) is 0 Å². The van der Waals surface area contributed by atoms with Gasteiger partial charge in [-0.25, -0.2) is 4.98 Å². The molecule has 3 aliphatic rings. The van der Waals surface area contributed by atoms with Gasteiger partial charge < -0.3 is 15.0 Å². The second kappa shape index (κ2) is 5.66. The largest absolute Gasteiger partial charge is 0.368 e. The predicted octanol–water partition coefficient (Wildman–Crippen LogP) is 2.09. The maximum Gasteiger partial charge on any atom is 0.368 e. The van der Waals surface area contributed by atoms with E-state index in [4.69, 9.17) is 0 Å². The van der Waals surface area contributed by atoms with Crippen LogP contribution >= 0.6 is 0 Å². The third kappa shape index (κ3) is 2.55. The first kappa shape index (κ1) is 15.1. The molecule has 1 saturated carbocycles. The zero-order chi connectivity index (χ0) is 17.0. The summed E-state index contributed by atoms with van der Waals surface area (Å²) in [5, 5.41) is 15.7. The maximum absolute atomic E-state index is 11.1. The Bertz CT molecular complexity index is 817. The van der Waals surface area contributed by atoms with Gasteiger partial charge in [0, 0.05) is 31.2 Å². The molecule has 2 unspecified atom stereocenters. The molecule has 0 spiro atoms. The van der Waals surface area contributed by atoms with Crippen LogP contribution in [-0.2, 0) is 0 Å². The van der Waals surface area contributed by atoms with Crippen LogP contribution < -0.4 is 4.90 Å². The molecule has 0 aromatic carbocycles. The lowest BCUT2D eigenvalue weighted by atomic mass is 9.83. The third-order valence-electron chi connectivity index (χ3n) is 5.97. The van der Waals surface area contributed by atoms with Gasteiger partial charge in [0.2, 0.25) is 5.65 Å². The van der Waals surface area contributed by atoms with E-state index >= 15 is 0 Å². The number of imidazole rings is 1. The Morgan fingerprint density at radius 3 is 2.84 bits per heavy atom. The van der Waals surface area contributed by atoms with Crippen molar-refractivity contribution in [3.05, 3.63) is 28.4 Å². The monoisotopic (exact) mass is 342 g/mol. The minimum atomic E-state index is -0.433. The first-order valence-corrected chi connectivity index (χ1v) is 9.20. The fourth-order valence-electron chi connectivity index (χ4n) is 4.65. The first-order valence-electron chi connectivity index (χ1n) is 9.20. The highest BCUT2D eigenvalue weighted by Gasteiger charge is 2.42. The fraction of sp³-hybridized carbons (Fsp3) is 0.647. The van der Waals surface area contributed by atoms with Crippen LogP contribution in [0.3, 0.4) is 0 Å². The number of nitro groups is 1. The standard InChI is InChI=1S/C17H22N6O2/c24-23(25)17-10-18-15-5-6-16(19-22(15)17)20-9-7-14-12(11-20)2-1-8-21(14)13-3-4-13/h5-6,10,12-14H,1-4,7-9,11H2. The van der Waals surface area contributed by atoms with E-state index in [9.17, 15) is 10.1 Å². The van der Waals surface area contributed by atoms with E-state index in [1.807, 2.05) is 12.1 Å². The lowest BCUT2D eigenvalue weighted by molar-refractivity contribution is -0.391. The average Bonchev–Trinajstić information content (AvgIpc) is 3.38. The van der Waals surface area contributed by atoms with Crippen LogP contribution in [0.2, 0.25) is 0 Å². The van der Waals surface area contributed by atoms with Crippen molar-refractivity contribution in [3.63, 3.8) is 0 Å². The summed E-state index contributed by atoms with van der Waals surface area (Å²) in [6, 6.07) is 5.30. The van der Waals surface area contributed by atoms with Crippen molar-refractivity contribution in [1.82, 2.24) is 19.5 Å². The average molecular weight is 342 g/mol. The van der Waals surface area contributed by atoms with Crippen LogP contribution in [-0.4, -0.2) is 56.1 Å². The Balaban J connectivity index is 1.40. The summed E-state index contributed by atoms with van der Waals surface area (Å²) in [7, 11) is 0. The van der Waals surface area contributed by atoms with E-state index in [-0.39, 0.29) is 5.82 Å². The van der Waals surface area contributed by atoms with Crippen molar-refractivity contribution in [2.75, 3.05) is 24.5 Å². The number of aromatic nitrogens is 3. The topological polar surface area (TPSA) is 79.8 Å². The molecule has 1 aliphatic carbocycles.